The Bertz CT molecular complexity index is 1730. The molecule has 8 nitrogen and oxygen atoms in total. The minimum atomic E-state index is -2.40. The molecule has 49 heavy (non-hydrogen) atoms. The number of ketones is 1. The topological polar surface area (TPSA) is 92.7 Å². The zero-order valence-electron chi connectivity index (χ0n) is 30.5. The third-order valence-electron chi connectivity index (χ3n) is 13.4. The largest absolute Gasteiger partial charge is 0.408 e. The number of carbonyl (C=O) groups is 1. The van der Waals surface area contributed by atoms with Crippen molar-refractivity contribution in [2.45, 2.75) is 139 Å². The third kappa shape index (κ3) is 3.40. The van der Waals surface area contributed by atoms with Gasteiger partial charge in [0.2, 0.25) is 5.78 Å². The molecule has 0 radical (unpaired) electrons. The van der Waals surface area contributed by atoms with Crippen molar-refractivity contribution < 1.29 is 38.0 Å². The van der Waals surface area contributed by atoms with Gasteiger partial charge in [-0.2, -0.15) is 0 Å². The quantitative estimate of drug-likeness (QED) is 0.226. The number of rotatable bonds is 9. The van der Waals surface area contributed by atoms with Gasteiger partial charge in [-0.05, 0) is 82.8 Å². The Labute approximate surface area is 291 Å². The van der Waals surface area contributed by atoms with Gasteiger partial charge in [0.1, 0.15) is 0 Å². The number of benzene rings is 2. The summed E-state index contributed by atoms with van der Waals surface area (Å²) >= 11 is 0. The van der Waals surface area contributed by atoms with Gasteiger partial charge in [-0.25, -0.2) is 0 Å². The molecule has 1 unspecified atom stereocenters. The van der Waals surface area contributed by atoms with Gasteiger partial charge in [0.25, 0.3) is 0 Å². The summed E-state index contributed by atoms with van der Waals surface area (Å²) in [6.07, 6.45) is 1.03. The number of hydrogen-bond donors (Lipinski definition) is 1. The molecule has 0 aromatic heterocycles. The second-order valence-electron chi connectivity index (χ2n) is 17.6. The number of hydrogen-bond acceptors (Lipinski definition) is 8. The van der Waals surface area contributed by atoms with Crippen LogP contribution in [-0.4, -0.2) is 64.9 Å². The highest BCUT2D eigenvalue weighted by atomic mass is 28.4. The van der Waals surface area contributed by atoms with E-state index in [4.69, 9.17) is 28.1 Å². The first kappa shape index (κ1) is 33.9. The van der Waals surface area contributed by atoms with Crippen molar-refractivity contribution in [3.8, 4) is 0 Å². The fourth-order valence-corrected chi connectivity index (χ4v) is 13.6. The van der Waals surface area contributed by atoms with Crippen molar-refractivity contribution in [3.05, 3.63) is 83.9 Å². The Morgan fingerprint density at radius 2 is 1.53 bits per heavy atom. The Kier molecular flexibility index (Phi) is 6.78. The molecule has 0 amide bonds. The molecule has 6 bridgehead atoms. The van der Waals surface area contributed by atoms with E-state index in [2.05, 4.69) is 40.1 Å². The zero-order valence-corrected chi connectivity index (χ0v) is 31.5. The van der Waals surface area contributed by atoms with Crippen LogP contribution in [0.4, 0.5) is 0 Å². The molecule has 7 aliphatic rings. The summed E-state index contributed by atoms with van der Waals surface area (Å²) in [7, 11) is -2.40. The van der Waals surface area contributed by atoms with Crippen LogP contribution in [0.2, 0.25) is 19.6 Å². The molecule has 9 rings (SSSR count). The van der Waals surface area contributed by atoms with Crippen LogP contribution in [0, 0.1) is 16.7 Å². The van der Waals surface area contributed by atoms with E-state index in [-0.39, 0.29) is 18.9 Å². The van der Waals surface area contributed by atoms with Crippen molar-refractivity contribution >= 4 is 14.1 Å². The summed E-state index contributed by atoms with van der Waals surface area (Å²) in [5, 5.41) is 13.2. The summed E-state index contributed by atoms with van der Waals surface area (Å²) < 4.78 is 44.4. The summed E-state index contributed by atoms with van der Waals surface area (Å²) in [4.78, 5) is 15.8. The van der Waals surface area contributed by atoms with Crippen LogP contribution in [0.25, 0.3) is 0 Å². The molecule has 1 N–H and O–H groups in total. The van der Waals surface area contributed by atoms with Crippen molar-refractivity contribution in [1.29, 1.82) is 0 Å². The third-order valence-corrected chi connectivity index (χ3v) is 14.4. The Balaban J connectivity index is 1.47. The van der Waals surface area contributed by atoms with E-state index in [9.17, 15) is 5.11 Å². The summed E-state index contributed by atoms with van der Waals surface area (Å²) in [5.74, 6) is -3.19. The minimum absolute atomic E-state index is 0.0234. The molecular formula is C40H52O8Si. The van der Waals surface area contributed by atoms with E-state index in [0.29, 0.717) is 18.6 Å². The van der Waals surface area contributed by atoms with Crippen LogP contribution in [0.5, 0.6) is 0 Å². The molecule has 3 saturated heterocycles. The maximum absolute atomic E-state index is 15.8. The Morgan fingerprint density at radius 1 is 0.939 bits per heavy atom. The van der Waals surface area contributed by atoms with E-state index in [0.717, 1.165) is 17.5 Å². The molecule has 4 aliphatic carbocycles. The molecular weight excluding hydrogens is 637 g/mol. The minimum Gasteiger partial charge on any atom is -0.408 e. The highest BCUT2D eigenvalue weighted by Crippen LogP contribution is 2.94. The predicted octanol–water partition coefficient (Wildman–Crippen LogP) is 6.85. The number of aliphatic hydroxyl groups is 1. The Hall–Kier alpha value is -2.21. The van der Waals surface area contributed by atoms with Gasteiger partial charge in [-0.1, -0.05) is 81.1 Å². The number of ether oxygens (including phenoxy) is 5. The van der Waals surface area contributed by atoms with Gasteiger partial charge >= 0.3 is 0 Å². The SMILES string of the molecule is C=C(C)[C@@]1(O)C(=O)[C@]23OC(C)(C)O[C@@]24[C@]25OC(OCc6ccccc6)(C[C@@]3(C)[C@@]2(O[Si](C)(C)C)CC[C@H](C)[C@H]5OCc2ccccc2)[C@@]14C. The van der Waals surface area contributed by atoms with Gasteiger partial charge in [-0.3, -0.25) is 4.79 Å². The highest BCUT2D eigenvalue weighted by Gasteiger charge is 3.13. The lowest BCUT2D eigenvalue weighted by Crippen LogP contribution is -2.78. The normalized spacial score (nSPS) is 47.0. The predicted molar refractivity (Wildman–Crippen MR) is 186 cm³/mol. The van der Waals surface area contributed by atoms with Gasteiger partial charge in [-0.15, -0.1) is 0 Å². The van der Waals surface area contributed by atoms with Crippen LogP contribution in [-0.2, 0) is 46.1 Å². The monoisotopic (exact) mass is 688 g/mol. The lowest BCUT2D eigenvalue weighted by molar-refractivity contribution is -0.405. The molecule has 2 aromatic carbocycles. The fraction of sp³-hybridized carbons (Fsp3) is 0.625. The average Bonchev–Trinajstić information content (AvgIpc) is 3.46. The van der Waals surface area contributed by atoms with Crippen molar-refractivity contribution in [2.75, 3.05) is 0 Å². The molecule has 2 spiro atoms. The standard InChI is InChI=1S/C40H52O8Si/c1-26(2)37(42)31(41)39-33(6)25-36(44-24-29-19-15-12-16-20-29)34(37,7)40(39,46-32(4,5)45-39)38(47-36)30(43-23-28-17-13-11-14-18-28)27(3)21-22-35(33,38)48-49(8,9)10/h11-20,27,30,42H,1,21-25H2,2-10H3/t27-,30+,33-,34-,35-,36?,37+,38+,39+,40-/m0/s1. The van der Waals surface area contributed by atoms with Crippen LogP contribution >= 0.6 is 0 Å². The van der Waals surface area contributed by atoms with E-state index < -0.39 is 70.6 Å². The molecule has 10 atom stereocenters. The smallest absolute Gasteiger partial charge is 0.205 e. The van der Waals surface area contributed by atoms with Crippen LogP contribution in [0.15, 0.2) is 72.8 Å². The molecule has 4 saturated carbocycles. The molecule has 3 heterocycles. The molecule has 9 heteroatoms. The lowest BCUT2D eigenvalue weighted by atomic mass is 9.53. The van der Waals surface area contributed by atoms with Crippen LogP contribution in [0.1, 0.15) is 71.9 Å². The molecule has 3 aliphatic heterocycles. The first-order valence-electron chi connectivity index (χ1n) is 17.9. The van der Waals surface area contributed by atoms with E-state index in [1.807, 2.05) is 81.4 Å². The van der Waals surface area contributed by atoms with E-state index in [1.165, 1.54) is 0 Å². The van der Waals surface area contributed by atoms with Gasteiger partial charge in [0.05, 0.1) is 30.3 Å². The van der Waals surface area contributed by atoms with Crippen molar-refractivity contribution in [2.24, 2.45) is 16.7 Å². The van der Waals surface area contributed by atoms with Gasteiger partial charge in [0.15, 0.2) is 42.3 Å². The van der Waals surface area contributed by atoms with Crippen molar-refractivity contribution in [1.82, 2.24) is 0 Å². The summed E-state index contributed by atoms with van der Waals surface area (Å²) in [6.45, 7) is 23.0. The second-order valence-corrected chi connectivity index (χ2v) is 22.0. The van der Waals surface area contributed by atoms with Crippen molar-refractivity contribution in [3.63, 3.8) is 0 Å². The fourth-order valence-electron chi connectivity index (χ4n) is 12.1. The van der Waals surface area contributed by atoms with Crippen LogP contribution in [0.3, 0.4) is 0 Å². The molecule has 264 valence electrons. The van der Waals surface area contributed by atoms with Gasteiger partial charge in [0, 0.05) is 11.8 Å². The molecule has 2 aromatic rings. The second kappa shape index (κ2) is 9.80. The highest BCUT2D eigenvalue weighted by molar-refractivity contribution is 6.69. The zero-order chi connectivity index (χ0) is 35.3. The van der Waals surface area contributed by atoms with E-state index >= 15 is 4.79 Å². The Morgan fingerprint density at radius 3 is 2.10 bits per heavy atom. The summed E-state index contributed by atoms with van der Waals surface area (Å²) in [5.41, 5.74) is -8.16. The summed E-state index contributed by atoms with van der Waals surface area (Å²) in [6, 6.07) is 20.0. The lowest BCUT2D eigenvalue weighted by Gasteiger charge is -2.65. The number of carbonyl (C=O) groups excluding carboxylic acids is 1. The first-order valence-corrected chi connectivity index (χ1v) is 21.3. The first-order chi connectivity index (χ1) is 22.8. The maximum atomic E-state index is 15.8. The molecule has 7 fully saturated rings. The average molecular weight is 689 g/mol. The maximum Gasteiger partial charge on any atom is 0.205 e. The van der Waals surface area contributed by atoms with Crippen LogP contribution < -0.4 is 0 Å². The van der Waals surface area contributed by atoms with Gasteiger partial charge < -0.3 is 33.2 Å². The van der Waals surface area contributed by atoms with E-state index in [1.54, 1.807) is 6.92 Å². The number of Topliss-reactive ketones (excluding diaryl/α,β-unsaturated/α-hetero) is 1.